The molecule has 0 atom stereocenters. The zero-order valence-corrected chi connectivity index (χ0v) is 17.0. The summed E-state index contributed by atoms with van der Waals surface area (Å²) in [6.45, 7) is 2.51. The second-order valence-corrected chi connectivity index (χ2v) is 7.72. The third-order valence-corrected chi connectivity index (χ3v) is 5.61. The Morgan fingerprint density at radius 1 is 1.28 bits per heavy atom. The second-order valence-electron chi connectivity index (χ2n) is 6.66. The number of fused-ring (bicyclic) bond motifs is 1. The number of hydrogen-bond acceptors (Lipinski definition) is 6. The molecule has 2 heterocycles. The van der Waals surface area contributed by atoms with E-state index in [-0.39, 0.29) is 12.5 Å². The maximum absolute atomic E-state index is 12.8. The van der Waals surface area contributed by atoms with Crippen LogP contribution in [0.15, 0.2) is 41.8 Å². The lowest BCUT2D eigenvalue weighted by Gasteiger charge is -2.18. The smallest absolute Gasteiger partial charge is 0.264 e. The van der Waals surface area contributed by atoms with Crippen molar-refractivity contribution < 1.29 is 14.3 Å². The van der Waals surface area contributed by atoms with Gasteiger partial charge in [-0.3, -0.25) is 4.79 Å². The van der Waals surface area contributed by atoms with Crippen molar-refractivity contribution in [1.82, 2.24) is 4.98 Å². The van der Waals surface area contributed by atoms with Crippen LogP contribution in [0.2, 0.25) is 0 Å². The number of nitrogens with zero attached hydrogens (tertiary/aromatic N) is 3. The summed E-state index contributed by atoms with van der Waals surface area (Å²) < 4.78 is 10.9. The van der Waals surface area contributed by atoms with Gasteiger partial charge >= 0.3 is 0 Å². The molecule has 1 aliphatic rings. The number of aryl methyl sites for hydroxylation is 1. The van der Waals surface area contributed by atoms with Crippen molar-refractivity contribution in [1.29, 1.82) is 5.26 Å². The van der Waals surface area contributed by atoms with Gasteiger partial charge in [-0.15, -0.1) is 11.3 Å². The van der Waals surface area contributed by atoms with Gasteiger partial charge in [-0.2, -0.15) is 5.26 Å². The normalized spacial score (nSPS) is 12.4. The number of nitriles is 1. The molecule has 0 spiro atoms. The minimum Gasteiger partial charge on any atom is -0.493 e. The quantitative estimate of drug-likeness (QED) is 0.642. The van der Waals surface area contributed by atoms with Crippen LogP contribution in [0.25, 0.3) is 11.3 Å². The third-order valence-electron chi connectivity index (χ3n) is 4.83. The van der Waals surface area contributed by atoms with Crippen molar-refractivity contribution in [3.05, 3.63) is 57.9 Å². The van der Waals surface area contributed by atoms with Crippen molar-refractivity contribution in [2.24, 2.45) is 0 Å². The summed E-state index contributed by atoms with van der Waals surface area (Å²) in [7, 11) is 1.50. The first kappa shape index (κ1) is 19.0. The molecule has 0 radical (unpaired) electrons. The summed E-state index contributed by atoms with van der Waals surface area (Å²) >= 11 is 1.63. The van der Waals surface area contributed by atoms with Gasteiger partial charge in [-0.25, -0.2) is 4.98 Å². The zero-order valence-electron chi connectivity index (χ0n) is 16.1. The van der Waals surface area contributed by atoms with E-state index >= 15 is 0 Å². The Balaban J connectivity index is 1.47. The number of thiazole rings is 1. The number of carbonyl (C=O) groups is 1. The molecule has 0 N–H and O–H groups in total. The zero-order chi connectivity index (χ0) is 20.4. The Kier molecular flexibility index (Phi) is 5.19. The van der Waals surface area contributed by atoms with E-state index in [4.69, 9.17) is 14.7 Å². The first-order valence-corrected chi connectivity index (χ1v) is 10.0. The number of anilines is 1. The van der Waals surface area contributed by atoms with Gasteiger partial charge in [0.1, 0.15) is 0 Å². The summed E-state index contributed by atoms with van der Waals surface area (Å²) in [4.78, 5) is 19.0. The average Bonchev–Trinajstić information content (AvgIpc) is 3.37. The topological polar surface area (TPSA) is 75.5 Å². The molecule has 29 heavy (non-hydrogen) atoms. The van der Waals surface area contributed by atoms with Gasteiger partial charge in [-0.1, -0.05) is 6.07 Å². The average molecular weight is 405 g/mol. The van der Waals surface area contributed by atoms with Gasteiger partial charge in [0.05, 0.1) is 29.4 Å². The van der Waals surface area contributed by atoms with Crippen LogP contribution in [-0.4, -0.2) is 31.2 Å². The molecule has 7 heteroatoms. The summed E-state index contributed by atoms with van der Waals surface area (Å²) in [5.41, 5.74) is 4.57. The largest absolute Gasteiger partial charge is 0.493 e. The van der Waals surface area contributed by atoms with E-state index in [0.717, 1.165) is 33.9 Å². The van der Waals surface area contributed by atoms with E-state index in [1.807, 2.05) is 24.4 Å². The monoisotopic (exact) mass is 405 g/mol. The van der Waals surface area contributed by atoms with Gasteiger partial charge < -0.3 is 14.4 Å². The minimum atomic E-state index is -0.118. The first-order chi connectivity index (χ1) is 14.1. The van der Waals surface area contributed by atoms with Crippen LogP contribution in [0.1, 0.15) is 16.1 Å². The van der Waals surface area contributed by atoms with Crippen LogP contribution < -0.4 is 14.4 Å². The van der Waals surface area contributed by atoms with Crippen molar-refractivity contribution in [2.75, 3.05) is 25.2 Å². The molecule has 1 aromatic heterocycles. The number of aromatic nitrogens is 1. The molecule has 0 bridgehead atoms. The van der Waals surface area contributed by atoms with E-state index in [1.54, 1.807) is 34.4 Å². The van der Waals surface area contributed by atoms with Crippen molar-refractivity contribution in [2.45, 2.75) is 13.3 Å². The van der Waals surface area contributed by atoms with E-state index in [2.05, 4.69) is 17.1 Å². The Morgan fingerprint density at radius 2 is 2.14 bits per heavy atom. The molecule has 0 unspecified atom stereocenters. The van der Waals surface area contributed by atoms with Crippen LogP contribution >= 0.6 is 11.3 Å². The predicted octanol–water partition coefficient (Wildman–Crippen LogP) is 3.97. The highest BCUT2D eigenvalue weighted by molar-refractivity contribution is 7.09. The Labute approximate surface area is 172 Å². The highest BCUT2D eigenvalue weighted by Gasteiger charge is 2.25. The van der Waals surface area contributed by atoms with Gasteiger partial charge in [0, 0.05) is 29.2 Å². The molecule has 2 aromatic carbocycles. The van der Waals surface area contributed by atoms with E-state index < -0.39 is 0 Å². The fourth-order valence-electron chi connectivity index (χ4n) is 3.39. The molecule has 0 saturated carbocycles. The van der Waals surface area contributed by atoms with E-state index in [0.29, 0.717) is 23.6 Å². The van der Waals surface area contributed by atoms with Crippen LogP contribution in [-0.2, 0) is 11.2 Å². The SMILES string of the molecule is COc1cc(C#N)ccc1OCC(=O)N1CCc2cc(-c3csc(C)n3)ccc21. The van der Waals surface area contributed by atoms with Crippen LogP contribution in [0.3, 0.4) is 0 Å². The lowest BCUT2D eigenvalue weighted by molar-refractivity contribution is -0.120. The molecule has 0 aliphatic carbocycles. The van der Waals surface area contributed by atoms with Crippen LogP contribution in [0.4, 0.5) is 5.69 Å². The van der Waals surface area contributed by atoms with Gasteiger partial charge in [0.2, 0.25) is 0 Å². The number of amides is 1. The summed E-state index contributed by atoms with van der Waals surface area (Å²) in [6.07, 6.45) is 0.804. The molecule has 4 rings (SSSR count). The highest BCUT2D eigenvalue weighted by atomic mass is 32.1. The van der Waals surface area contributed by atoms with Crippen molar-refractivity contribution in [3.8, 4) is 28.8 Å². The Morgan fingerprint density at radius 3 is 2.86 bits per heavy atom. The molecule has 6 nitrogen and oxygen atoms in total. The second kappa shape index (κ2) is 7.94. The molecule has 1 aliphatic heterocycles. The Bertz CT molecular complexity index is 1120. The molecule has 0 fully saturated rings. The molecule has 0 saturated heterocycles. The number of methoxy groups -OCH3 is 1. The van der Waals surface area contributed by atoms with Gasteiger partial charge in [-0.05, 0) is 43.2 Å². The maximum Gasteiger partial charge on any atom is 0.264 e. The van der Waals surface area contributed by atoms with Crippen molar-refractivity contribution >= 4 is 22.9 Å². The summed E-state index contributed by atoms with van der Waals surface area (Å²) in [6, 6.07) is 13.0. The first-order valence-electron chi connectivity index (χ1n) is 9.16. The fraction of sp³-hybridized carbons (Fsp3) is 0.227. The van der Waals surface area contributed by atoms with Crippen molar-refractivity contribution in [3.63, 3.8) is 0 Å². The lowest BCUT2D eigenvalue weighted by atomic mass is 10.1. The minimum absolute atomic E-state index is 0.102. The highest BCUT2D eigenvalue weighted by Crippen LogP contribution is 2.33. The standard InChI is InChI=1S/C22H19N3O3S/c1-14-24-18(13-29-14)16-4-5-19-17(10-16)7-8-25(19)22(26)12-28-20-6-3-15(11-23)9-21(20)27-2/h3-6,9-10,13H,7-8,12H2,1-2H3. The molecule has 3 aromatic rings. The Hall–Kier alpha value is -3.37. The summed E-state index contributed by atoms with van der Waals surface area (Å²) in [5.74, 6) is 0.753. The van der Waals surface area contributed by atoms with Crippen LogP contribution in [0.5, 0.6) is 11.5 Å². The van der Waals surface area contributed by atoms with E-state index in [1.165, 1.54) is 7.11 Å². The molecule has 1 amide bonds. The number of ether oxygens (including phenoxy) is 2. The summed E-state index contributed by atoms with van der Waals surface area (Å²) in [5, 5.41) is 12.1. The molecular formula is C22H19N3O3S. The predicted molar refractivity (Wildman–Crippen MR) is 112 cm³/mol. The number of benzene rings is 2. The van der Waals surface area contributed by atoms with Gasteiger partial charge in [0.15, 0.2) is 18.1 Å². The molecule has 146 valence electrons. The molecular weight excluding hydrogens is 386 g/mol. The number of carbonyl (C=O) groups excluding carboxylic acids is 1. The van der Waals surface area contributed by atoms with Gasteiger partial charge in [0.25, 0.3) is 5.91 Å². The third kappa shape index (κ3) is 3.80. The number of hydrogen-bond donors (Lipinski definition) is 0. The number of rotatable bonds is 5. The van der Waals surface area contributed by atoms with Crippen LogP contribution in [0, 0.1) is 18.3 Å². The fourth-order valence-corrected chi connectivity index (χ4v) is 4.01. The maximum atomic E-state index is 12.8. The van der Waals surface area contributed by atoms with E-state index in [9.17, 15) is 4.79 Å². The lowest BCUT2D eigenvalue weighted by Crippen LogP contribution is -2.33.